The summed E-state index contributed by atoms with van der Waals surface area (Å²) in [6, 6.07) is 0. The summed E-state index contributed by atoms with van der Waals surface area (Å²) in [4.78, 5) is 45.3. The molecule has 10 heteroatoms. The Balaban J connectivity index is 2.24. The van der Waals surface area contributed by atoms with Gasteiger partial charge in [-0.1, -0.05) is 34.8 Å². The van der Waals surface area contributed by atoms with Gasteiger partial charge in [0.15, 0.2) is 0 Å². The lowest BCUT2D eigenvalue weighted by molar-refractivity contribution is -0.125. The molecule has 1 aliphatic carbocycles. The van der Waals surface area contributed by atoms with Crippen LogP contribution in [0.4, 0.5) is 0 Å². The van der Waals surface area contributed by atoms with Crippen LogP contribution in [0, 0.1) is 5.92 Å². The van der Waals surface area contributed by atoms with Crippen LogP contribution in [0.25, 0.3) is 0 Å². The summed E-state index contributed by atoms with van der Waals surface area (Å²) in [6.45, 7) is 0. The summed E-state index contributed by atoms with van der Waals surface area (Å²) in [5.41, 5.74) is -0.312. The summed E-state index contributed by atoms with van der Waals surface area (Å²) < 4.78 is 0. The Labute approximate surface area is 155 Å². The van der Waals surface area contributed by atoms with Crippen molar-refractivity contribution >= 4 is 70.0 Å². The number of allylic oxidation sites excluding steroid dienone is 4. The summed E-state index contributed by atoms with van der Waals surface area (Å²) >= 11 is 25.1. The monoisotopic (exact) mass is 406 g/mol. The Bertz CT molecular complexity index is 855. The van der Waals surface area contributed by atoms with Crippen LogP contribution in [-0.2, 0) is 19.2 Å². The molecular weight excluding hydrogens is 402 g/mol. The van der Waals surface area contributed by atoms with Crippen molar-refractivity contribution in [1.82, 2.24) is 10.6 Å². The highest BCUT2D eigenvalue weighted by Crippen LogP contribution is 2.54. The summed E-state index contributed by atoms with van der Waals surface area (Å²) in [6.07, 6.45) is 3.19. The number of halogens is 4. The molecule has 2 atom stereocenters. The fourth-order valence-electron chi connectivity index (χ4n) is 2.69. The molecule has 3 aliphatic rings. The molecule has 2 heterocycles. The first kappa shape index (κ1) is 17.2. The lowest BCUT2D eigenvalue weighted by Gasteiger charge is -2.38. The number of nitrogens with one attached hydrogen (secondary N) is 2. The minimum Gasteiger partial charge on any atom is -0.289 e. The van der Waals surface area contributed by atoms with Gasteiger partial charge in [-0.15, -0.1) is 11.6 Å². The lowest BCUT2D eigenvalue weighted by Crippen LogP contribution is -2.43. The Hall–Kier alpha value is -1.60. The topological polar surface area (TPSA) is 92.3 Å². The van der Waals surface area contributed by atoms with Gasteiger partial charge in [-0.2, -0.15) is 0 Å². The molecule has 0 spiro atoms. The van der Waals surface area contributed by atoms with E-state index in [1.54, 1.807) is 0 Å². The maximum atomic E-state index is 12.1. The summed E-state index contributed by atoms with van der Waals surface area (Å²) in [5.74, 6) is -4.09. The molecule has 0 aromatic rings. The largest absolute Gasteiger partial charge is 0.289 e. The van der Waals surface area contributed by atoms with Gasteiger partial charge in [0.05, 0.1) is 16.5 Å². The molecule has 0 fully saturated rings. The second-order valence-electron chi connectivity index (χ2n) is 5.13. The molecule has 24 heavy (non-hydrogen) atoms. The van der Waals surface area contributed by atoms with Crippen LogP contribution in [0.1, 0.15) is 0 Å². The number of imide groups is 2. The van der Waals surface area contributed by atoms with Gasteiger partial charge in [0.1, 0.15) is 4.87 Å². The van der Waals surface area contributed by atoms with E-state index in [-0.39, 0.29) is 26.2 Å². The Morgan fingerprint density at radius 1 is 0.875 bits per heavy atom. The molecule has 0 bridgehead atoms. The minimum atomic E-state index is -1.86. The van der Waals surface area contributed by atoms with Crippen molar-refractivity contribution in [3.63, 3.8) is 0 Å². The second kappa shape index (κ2) is 5.74. The van der Waals surface area contributed by atoms with Crippen molar-refractivity contribution in [2.45, 2.75) is 4.87 Å². The smallest absolute Gasteiger partial charge is 0.256 e. The molecule has 4 amide bonds. The third-order valence-electron chi connectivity index (χ3n) is 3.73. The number of alkyl halides is 1. The number of hydrogen-bond acceptors (Lipinski definition) is 4. The highest BCUT2D eigenvalue weighted by Gasteiger charge is 2.55. The fourth-order valence-corrected chi connectivity index (χ4v) is 4.10. The molecule has 0 saturated carbocycles. The third-order valence-corrected chi connectivity index (χ3v) is 5.69. The van der Waals surface area contributed by atoms with E-state index in [0.29, 0.717) is 0 Å². The van der Waals surface area contributed by atoms with Gasteiger partial charge in [-0.05, 0) is 6.08 Å². The van der Waals surface area contributed by atoms with Crippen molar-refractivity contribution in [3.05, 3.63) is 44.5 Å². The van der Waals surface area contributed by atoms with Crippen molar-refractivity contribution in [2.75, 3.05) is 0 Å². The highest BCUT2D eigenvalue weighted by molar-refractivity contribution is 6.49. The van der Waals surface area contributed by atoms with Crippen LogP contribution in [0.2, 0.25) is 0 Å². The molecule has 3 rings (SSSR count). The van der Waals surface area contributed by atoms with Gasteiger partial charge in [-0.25, -0.2) is 0 Å². The molecule has 124 valence electrons. The fraction of sp³-hybridized carbons (Fsp3) is 0.143. The molecule has 0 radical (unpaired) electrons. The van der Waals surface area contributed by atoms with Crippen LogP contribution < -0.4 is 10.6 Å². The molecule has 2 N–H and O–H groups in total. The average Bonchev–Trinajstić information content (AvgIpc) is 2.99. The van der Waals surface area contributed by atoms with E-state index in [1.165, 1.54) is 6.08 Å². The van der Waals surface area contributed by atoms with Gasteiger partial charge < -0.3 is 0 Å². The van der Waals surface area contributed by atoms with Crippen molar-refractivity contribution in [2.24, 2.45) is 5.92 Å². The van der Waals surface area contributed by atoms with Gasteiger partial charge in [-0.3, -0.25) is 29.8 Å². The quantitative estimate of drug-likeness (QED) is 0.536. The van der Waals surface area contributed by atoms with Gasteiger partial charge >= 0.3 is 0 Å². The molecule has 2 unspecified atom stereocenters. The zero-order valence-corrected chi connectivity index (χ0v) is 14.5. The third kappa shape index (κ3) is 2.41. The van der Waals surface area contributed by atoms with E-state index in [1.807, 2.05) is 5.32 Å². The van der Waals surface area contributed by atoms with Crippen LogP contribution in [0.5, 0.6) is 0 Å². The number of rotatable bonds is 2. The lowest BCUT2D eigenvalue weighted by atomic mass is 9.76. The standard InChI is InChI=1S/C14H6Cl4N2O4/c15-6-3-7(16)14(18,5-2-9(22)20-13(5)24)10(11(6)17)4-1-8(21)19-12(4)23/h1-3,10H,(H,19,21,23)(H,20,22,24). The normalized spacial score (nSPS) is 30.2. The Kier molecular flexibility index (Phi) is 4.12. The maximum Gasteiger partial charge on any atom is 0.256 e. The van der Waals surface area contributed by atoms with Gasteiger partial charge in [0.2, 0.25) is 0 Å². The van der Waals surface area contributed by atoms with Crippen LogP contribution in [-0.4, -0.2) is 28.5 Å². The highest BCUT2D eigenvalue weighted by atomic mass is 35.5. The second-order valence-corrected chi connectivity index (χ2v) is 6.95. The van der Waals surface area contributed by atoms with Gasteiger partial charge in [0, 0.05) is 27.8 Å². The van der Waals surface area contributed by atoms with Crippen LogP contribution in [0.15, 0.2) is 44.5 Å². The first-order valence-electron chi connectivity index (χ1n) is 6.42. The summed E-state index contributed by atoms with van der Waals surface area (Å²) in [5, 5.41) is 3.91. The van der Waals surface area contributed by atoms with Crippen molar-refractivity contribution < 1.29 is 19.2 Å². The maximum absolute atomic E-state index is 12.1. The molecular formula is C14H6Cl4N2O4. The van der Waals surface area contributed by atoms with Crippen LogP contribution >= 0.6 is 46.4 Å². The molecule has 0 aromatic carbocycles. The van der Waals surface area contributed by atoms with Crippen molar-refractivity contribution in [3.8, 4) is 0 Å². The number of amides is 4. The Morgan fingerprint density at radius 3 is 1.96 bits per heavy atom. The average molecular weight is 408 g/mol. The zero-order chi connectivity index (χ0) is 17.8. The predicted octanol–water partition coefficient (Wildman–Crippen LogP) is 1.57. The molecule has 0 saturated heterocycles. The first-order chi connectivity index (χ1) is 11.2. The predicted molar refractivity (Wildman–Crippen MR) is 87.2 cm³/mol. The van der Waals surface area contributed by atoms with Crippen molar-refractivity contribution in [1.29, 1.82) is 0 Å². The van der Waals surface area contributed by atoms with E-state index < -0.39 is 34.4 Å². The molecule has 2 aliphatic heterocycles. The van der Waals surface area contributed by atoms with E-state index >= 15 is 0 Å². The first-order valence-corrected chi connectivity index (χ1v) is 7.93. The SMILES string of the molecule is O=C1C=C(C2C(Cl)=C(Cl)C=C(Cl)C2(Cl)C2=CC(=O)NC2=O)C(=O)N1. The van der Waals surface area contributed by atoms with Crippen LogP contribution in [0.3, 0.4) is 0 Å². The number of hydrogen-bond donors (Lipinski definition) is 2. The number of carbonyl (C=O) groups excluding carboxylic acids is 4. The minimum absolute atomic E-state index is 0.00122. The summed E-state index contributed by atoms with van der Waals surface area (Å²) in [7, 11) is 0. The number of carbonyl (C=O) groups is 4. The van der Waals surface area contributed by atoms with E-state index in [0.717, 1.165) is 12.2 Å². The molecule has 6 nitrogen and oxygen atoms in total. The van der Waals surface area contributed by atoms with Gasteiger partial charge in [0.25, 0.3) is 23.6 Å². The van der Waals surface area contributed by atoms with E-state index in [2.05, 4.69) is 5.32 Å². The van der Waals surface area contributed by atoms with E-state index in [9.17, 15) is 19.2 Å². The van der Waals surface area contributed by atoms with E-state index in [4.69, 9.17) is 46.4 Å². The molecule has 0 aromatic heterocycles. The Morgan fingerprint density at radius 2 is 1.46 bits per heavy atom. The zero-order valence-electron chi connectivity index (χ0n) is 11.5.